The molecule has 0 unspecified atom stereocenters. The number of fused-ring (bicyclic) bond motifs is 1. The minimum atomic E-state index is -3.53. The largest absolute Gasteiger partial charge is 0.481 e. The van der Waals surface area contributed by atoms with Crippen LogP contribution in [0.4, 0.5) is 8.78 Å². The fourth-order valence-corrected chi connectivity index (χ4v) is 1.80. The van der Waals surface area contributed by atoms with E-state index in [0.29, 0.717) is 10.9 Å². The number of methoxy groups -OCH3 is 1. The SMILES string of the molecule is COc1nc2ccccc2cc1C(F)(F)CC(=O)O. The average molecular weight is 267 g/mol. The predicted molar refractivity (Wildman–Crippen MR) is 64.4 cm³/mol. The van der Waals surface area contributed by atoms with Gasteiger partial charge in [-0.15, -0.1) is 0 Å². The van der Waals surface area contributed by atoms with Gasteiger partial charge in [0.05, 0.1) is 18.2 Å². The van der Waals surface area contributed by atoms with Crippen molar-refractivity contribution in [3.63, 3.8) is 0 Å². The third-order valence-electron chi connectivity index (χ3n) is 2.65. The lowest BCUT2D eigenvalue weighted by molar-refractivity contribution is -0.145. The van der Waals surface area contributed by atoms with E-state index in [1.54, 1.807) is 24.3 Å². The van der Waals surface area contributed by atoms with Gasteiger partial charge >= 0.3 is 5.97 Å². The van der Waals surface area contributed by atoms with Crippen LogP contribution in [-0.2, 0) is 10.7 Å². The van der Waals surface area contributed by atoms with Crippen molar-refractivity contribution in [1.82, 2.24) is 4.98 Å². The van der Waals surface area contributed by atoms with Gasteiger partial charge in [-0.2, -0.15) is 0 Å². The Hall–Kier alpha value is -2.24. The van der Waals surface area contributed by atoms with E-state index in [1.807, 2.05) is 0 Å². The molecule has 2 aromatic rings. The van der Waals surface area contributed by atoms with Crippen LogP contribution in [0.1, 0.15) is 12.0 Å². The fourth-order valence-electron chi connectivity index (χ4n) is 1.80. The van der Waals surface area contributed by atoms with Crippen LogP contribution in [0.25, 0.3) is 10.9 Å². The Bertz CT molecular complexity index is 628. The predicted octanol–water partition coefficient (Wildman–Crippen LogP) is 2.81. The van der Waals surface area contributed by atoms with E-state index < -0.39 is 23.9 Å². The van der Waals surface area contributed by atoms with Gasteiger partial charge < -0.3 is 9.84 Å². The number of nitrogens with zero attached hydrogens (tertiary/aromatic N) is 1. The van der Waals surface area contributed by atoms with Gasteiger partial charge in [-0.1, -0.05) is 18.2 Å². The van der Waals surface area contributed by atoms with E-state index in [4.69, 9.17) is 9.84 Å². The topological polar surface area (TPSA) is 59.4 Å². The molecule has 1 aromatic heterocycles. The smallest absolute Gasteiger partial charge is 0.309 e. The minimum Gasteiger partial charge on any atom is -0.481 e. The van der Waals surface area contributed by atoms with Gasteiger partial charge in [-0.3, -0.25) is 4.79 Å². The molecule has 0 radical (unpaired) electrons. The number of para-hydroxylation sites is 1. The van der Waals surface area contributed by atoms with Gasteiger partial charge in [0.1, 0.15) is 6.42 Å². The summed E-state index contributed by atoms with van der Waals surface area (Å²) in [6.07, 6.45) is -1.30. The average Bonchev–Trinajstić information content (AvgIpc) is 2.35. The first-order chi connectivity index (χ1) is 8.94. The Labute approximate surface area is 107 Å². The molecule has 0 saturated heterocycles. The van der Waals surface area contributed by atoms with E-state index >= 15 is 0 Å². The summed E-state index contributed by atoms with van der Waals surface area (Å²) in [5.74, 6) is -5.38. The molecule has 0 aliphatic heterocycles. The summed E-state index contributed by atoms with van der Waals surface area (Å²) in [5.41, 5.74) is -0.00896. The highest BCUT2D eigenvalue weighted by Gasteiger charge is 2.38. The van der Waals surface area contributed by atoms with Gasteiger partial charge in [0.25, 0.3) is 5.92 Å². The van der Waals surface area contributed by atoms with Crippen molar-refractivity contribution in [2.75, 3.05) is 7.11 Å². The number of alkyl halides is 2. The van der Waals surface area contributed by atoms with Crippen LogP contribution < -0.4 is 4.74 Å². The van der Waals surface area contributed by atoms with Crippen molar-refractivity contribution >= 4 is 16.9 Å². The summed E-state index contributed by atoms with van der Waals surface area (Å²) < 4.78 is 32.6. The molecular formula is C13H11F2NO3. The molecule has 0 fully saturated rings. The number of hydrogen-bond donors (Lipinski definition) is 1. The first-order valence-electron chi connectivity index (χ1n) is 5.48. The number of carboxylic acids is 1. The van der Waals surface area contributed by atoms with E-state index in [0.717, 1.165) is 0 Å². The lowest BCUT2D eigenvalue weighted by Gasteiger charge is -2.17. The van der Waals surface area contributed by atoms with Crippen molar-refractivity contribution in [3.8, 4) is 5.88 Å². The number of rotatable bonds is 4. The van der Waals surface area contributed by atoms with Crippen molar-refractivity contribution in [2.24, 2.45) is 0 Å². The Morgan fingerprint density at radius 3 is 2.74 bits per heavy atom. The second-order valence-corrected chi connectivity index (χ2v) is 4.01. The number of aliphatic carboxylic acids is 1. The molecular weight excluding hydrogens is 256 g/mol. The summed E-state index contributed by atoms with van der Waals surface area (Å²) in [6, 6.07) is 7.92. The molecule has 0 saturated carbocycles. The maximum absolute atomic E-state index is 13.9. The van der Waals surface area contributed by atoms with Crippen LogP contribution in [-0.4, -0.2) is 23.2 Å². The summed E-state index contributed by atoms with van der Waals surface area (Å²) in [5, 5.41) is 9.05. The van der Waals surface area contributed by atoms with E-state index in [1.165, 1.54) is 13.2 Å². The molecule has 19 heavy (non-hydrogen) atoms. The van der Waals surface area contributed by atoms with E-state index in [2.05, 4.69) is 4.98 Å². The van der Waals surface area contributed by atoms with Crippen molar-refractivity contribution < 1.29 is 23.4 Å². The Morgan fingerprint density at radius 2 is 2.11 bits per heavy atom. The first kappa shape index (κ1) is 13.2. The number of aromatic nitrogens is 1. The maximum atomic E-state index is 13.9. The second-order valence-electron chi connectivity index (χ2n) is 4.01. The summed E-state index contributed by atoms with van der Waals surface area (Å²) in [7, 11) is 1.22. The van der Waals surface area contributed by atoms with Gasteiger partial charge in [0.15, 0.2) is 0 Å². The highest BCUT2D eigenvalue weighted by atomic mass is 19.3. The number of hydrogen-bond acceptors (Lipinski definition) is 3. The lowest BCUT2D eigenvalue weighted by Crippen LogP contribution is -2.20. The molecule has 1 heterocycles. The molecule has 2 rings (SSSR count). The summed E-state index contributed by atoms with van der Waals surface area (Å²) in [6.45, 7) is 0. The minimum absolute atomic E-state index is 0.259. The number of carbonyl (C=O) groups is 1. The van der Waals surface area contributed by atoms with Crippen LogP contribution in [0.15, 0.2) is 30.3 Å². The van der Waals surface area contributed by atoms with Gasteiger partial charge in [0.2, 0.25) is 5.88 Å². The standard InChI is InChI=1S/C13H11F2NO3/c1-19-12-9(13(14,15)7-11(17)18)6-8-4-2-3-5-10(8)16-12/h2-6H,7H2,1H3,(H,17,18). The molecule has 0 aliphatic carbocycles. The van der Waals surface area contributed by atoms with Crippen LogP contribution in [0.2, 0.25) is 0 Å². The summed E-state index contributed by atoms with van der Waals surface area (Å²) >= 11 is 0. The summed E-state index contributed by atoms with van der Waals surface area (Å²) in [4.78, 5) is 14.5. The Balaban J connectivity index is 2.60. The van der Waals surface area contributed by atoms with Gasteiger partial charge in [-0.25, -0.2) is 13.8 Å². The van der Waals surface area contributed by atoms with Gasteiger partial charge in [-0.05, 0) is 12.1 Å². The van der Waals surface area contributed by atoms with Crippen molar-refractivity contribution in [1.29, 1.82) is 0 Å². The molecule has 6 heteroatoms. The second kappa shape index (κ2) is 4.79. The zero-order valence-corrected chi connectivity index (χ0v) is 10.1. The zero-order valence-electron chi connectivity index (χ0n) is 10.1. The molecule has 4 nitrogen and oxygen atoms in total. The molecule has 0 atom stereocenters. The highest BCUT2D eigenvalue weighted by molar-refractivity contribution is 5.80. The van der Waals surface area contributed by atoms with Crippen LogP contribution in [0, 0.1) is 0 Å². The number of pyridine rings is 1. The molecule has 0 spiro atoms. The number of benzene rings is 1. The monoisotopic (exact) mass is 267 g/mol. The molecule has 1 aromatic carbocycles. The highest BCUT2D eigenvalue weighted by Crippen LogP contribution is 2.38. The molecule has 100 valence electrons. The normalized spacial score (nSPS) is 11.5. The lowest BCUT2D eigenvalue weighted by atomic mass is 10.0. The Kier molecular flexibility index (Phi) is 3.33. The van der Waals surface area contributed by atoms with E-state index in [9.17, 15) is 13.6 Å². The van der Waals surface area contributed by atoms with E-state index in [-0.39, 0.29) is 5.88 Å². The number of halogens is 2. The molecule has 0 amide bonds. The fraction of sp³-hybridized carbons (Fsp3) is 0.231. The molecule has 1 N–H and O–H groups in total. The number of ether oxygens (including phenoxy) is 1. The third-order valence-corrected chi connectivity index (χ3v) is 2.65. The Morgan fingerprint density at radius 1 is 1.42 bits per heavy atom. The maximum Gasteiger partial charge on any atom is 0.309 e. The van der Waals surface area contributed by atoms with Crippen molar-refractivity contribution in [2.45, 2.75) is 12.3 Å². The molecule has 0 aliphatic rings. The van der Waals surface area contributed by atoms with Crippen molar-refractivity contribution in [3.05, 3.63) is 35.9 Å². The molecule has 0 bridgehead atoms. The quantitative estimate of drug-likeness (QED) is 0.925. The van der Waals surface area contributed by atoms with Crippen LogP contribution in [0.5, 0.6) is 5.88 Å². The zero-order chi connectivity index (χ0) is 14.0. The van der Waals surface area contributed by atoms with Crippen LogP contribution >= 0.6 is 0 Å². The first-order valence-corrected chi connectivity index (χ1v) is 5.48. The third kappa shape index (κ3) is 2.62. The number of carboxylic acid groups (broad SMARTS) is 1. The van der Waals surface area contributed by atoms with Crippen LogP contribution in [0.3, 0.4) is 0 Å². The van der Waals surface area contributed by atoms with Gasteiger partial charge in [0, 0.05) is 5.39 Å².